The molecule has 1 aromatic carbocycles. The molecule has 2 atom stereocenters. The number of rotatable bonds is 6. The van der Waals surface area contributed by atoms with E-state index in [2.05, 4.69) is 20.8 Å². The minimum Gasteiger partial charge on any atom is -0.480 e. The summed E-state index contributed by atoms with van der Waals surface area (Å²) >= 11 is 0. The van der Waals surface area contributed by atoms with Crippen LogP contribution in [0.2, 0.25) is 5.04 Å². The van der Waals surface area contributed by atoms with E-state index >= 15 is 0 Å². The molecule has 0 spiro atoms. The molecule has 0 saturated carbocycles. The second-order valence-electron chi connectivity index (χ2n) is 9.23. The summed E-state index contributed by atoms with van der Waals surface area (Å²) < 4.78 is 19.6. The van der Waals surface area contributed by atoms with Crippen molar-refractivity contribution in [3.63, 3.8) is 0 Å². The van der Waals surface area contributed by atoms with Crippen molar-refractivity contribution in [3.8, 4) is 0 Å². The highest BCUT2D eigenvalue weighted by Gasteiger charge is 2.50. The maximum atomic E-state index is 13.4. The van der Waals surface area contributed by atoms with Crippen LogP contribution in [0.4, 0.5) is 4.39 Å². The second-order valence-corrected chi connectivity index (χ2v) is 11.9. The summed E-state index contributed by atoms with van der Waals surface area (Å²) in [6.45, 7) is 11.4. The second kappa shape index (κ2) is 7.87. The third-order valence-electron chi connectivity index (χ3n) is 5.34. The number of aliphatic carboxylic acids is 2. The molecule has 5 nitrogen and oxygen atoms in total. The fraction of sp³-hybridized carbons (Fsp3) is 0.455. The lowest BCUT2D eigenvalue weighted by molar-refractivity contribution is -0.143. The first-order valence-electron chi connectivity index (χ1n) is 9.53. The van der Waals surface area contributed by atoms with E-state index in [0.717, 1.165) is 0 Å². The molecule has 0 saturated heterocycles. The minimum atomic E-state index is -1.61. The van der Waals surface area contributed by atoms with E-state index in [1.165, 1.54) is 30.3 Å². The SMILES string of the molecule is CC1C(C(=O)O)=C(C(C)(C)O[SiH2]C(C)(C)C)C=CC1(C(=O)O)c1ccc(F)cc1. The molecule has 7 heteroatoms. The maximum Gasteiger partial charge on any atom is 0.332 e. The van der Waals surface area contributed by atoms with Gasteiger partial charge in [-0.05, 0) is 42.2 Å². The van der Waals surface area contributed by atoms with Crippen molar-refractivity contribution in [2.75, 3.05) is 0 Å². The molecule has 2 unspecified atom stereocenters. The van der Waals surface area contributed by atoms with Crippen LogP contribution >= 0.6 is 0 Å². The largest absolute Gasteiger partial charge is 0.480 e. The summed E-state index contributed by atoms with van der Waals surface area (Å²) in [6.07, 6.45) is 3.07. The summed E-state index contributed by atoms with van der Waals surface area (Å²) in [5, 5.41) is 20.1. The van der Waals surface area contributed by atoms with Gasteiger partial charge in [-0.2, -0.15) is 0 Å². The number of halogens is 1. The summed E-state index contributed by atoms with van der Waals surface area (Å²) in [4.78, 5) is 24.6. The number of carbonyl (C=O) groups is 2. The van der Waals surface area contributed by atoms with E-state index in [0.29, 0.717) is 11.1 Å². The molecule has 0 aliphatic heterocycles. The average molecular weight is 421 g/mol. The van der Waals surface area contributed by atoms with E-state index in [-0.39, 0.29) is 10.6 Å². The number of hydrogen-bond acceptors (Lipinski definition) is 3. The molecule has 29 heavy (non-hydrogen) atoms. The van der Waals surface area contributed by atoms with E-state index < -0.39 is 44.5 Å². The number of hydrogen-bond donors (Lipinski definition) is 2. The highest BCUT2D eigenvalue weighted by molar-refractivity contribution is 6.32. The Labute approximate surface area is 173 Å². The predicted molar refractivity (Wildman–Crippen MR) is 112 cm³/mol. The first-order chi connectivity index (χ1) is 13.2. The van der Waals surface area contributed by atoms with Crippen molar-refractivity contribution in [1.29, 1.82) is 0 Å². The molecule has 0 aromatic heterocycles. The Bertz CT molecular complexity index is 864. The third kappa shape index (κ3) is 4.51. The quantitative estimate of drug-likeness (QED) is 0.684. The summed E-state index contributed by atoms with van der Waals surface area (Å²) in [6, 6.07) is 5.15. The van der Waals surface area contributed by atoms with Gasteiger partial charge >= 0.3 is 11.9 Å². The number of carboxylic acids is 2. The van der Waals surface area contributed by atoms with Crippen molar-refractivity contribution in [1.82, 2.24) is 0 Å². The van der Waals surface area contributed by atoms with Gasteiger partial charge in [0.05, 0.1) is 5.60 Å². The molecule has 1 aromatic rings. The van der Waals surface area contributed by atoms with Crippen LogP contribution in [-0.4, -0.2) is 37.5 Å². The van der Waals surface area contributed by atoms with Gasteiger partial charge in [0.1, 0.15) is 11.2 Å². The monoisotopic (exact) mass is 420 g/mol. The zero-order chi connectivity index (χ0) is 22.2. The molecule has 1 aliphatic rings. The van der Waals surface area contributed by atoms with Crippen molar-refractivity contribution >= 4 is 21.7 Å². The van der Waals surface area contributed by atoms with Crippen molar-refractivity contribution in [2.45, 2.75) is 57.6 Å². The van der Waals surface area contributed by atoms with Gasteiger partial charge in [0, 0.05) is 11.5 Å². The Morgan fingerprint density at radius 3 is 2.10 bits per heavy atom. The van der Waals surface area contributed by atoms with Gasteiger partial charge in [-0.15, -0.1) is 0 Å². The summed E-state index contributed by atoms with van der Waals surface area (Å²) in [5.41, 5.74) is -1.68. The maximum absolute atomic E-state index is 13.4. The van der Waals surface area contributed by atoms with Gasteiger partial charge in [-0.3, -0.25) is 4.79 Å². The van der Waals surface area contributed by atoms with Crippen LogP contribution in [0.3, 0.4) is 0 Å². The van der Waals surface area contributed by atoms with Gasteiger partial charge in [0.2, 0.25) is 0 Å². The first kappa shape index (κ1) is 23.0. The van der Waals surface area contributed by atoms with Crippen LogP contribution in [0.5, 0.6) is 0 Å². The van der Waals surface area contributed by atoms with Crippen LogP contribution in [0.15, 0.2) is 47.6 Å². The molecule has 1 aliphatic carbocycles. The van der Waals surface area contributed by atoms with Crippen molar-refractivity contribution in [3.05, 3.63) is 58.9 Å². The fourth-order valence-corrected chi connectivity index (χ4v) is 4.61. The number of carboxylic acid groups (broad SMARTS) is 2. The smallest absolute Gasteiger partial charge is 0.332 e. The standard InChI is InChI=1S/C22H29FO5Si/c1-13-17(18(24)25)16(21(5,6)28-29-20(2,3)4)11-12-22(13,19(26)27)14-7-9-15(23)10-8-14/h7-13H,29H2,1-6H3,(H,24,25)(H,26,27). The molecule has 0 heterocycles. The van der Waals surface area contributed by atoms with Crippen LogP contribution in [-0.2, 0) is 19.4 Å². The third-order valence-corrected chi connectivity index (χ3v) is 7.07. The number of benzene rings is 1. The van der Waals surface area contributed by atoms with Crippen molar-refractivity contribution in [2.24, 2.45) is 5.92 Å². The Hall–Kier alpha value is -2.25. The molecule has 0 radical (unpaired) electrons. The molecule has 2 rings (SSSR count). The zero-order valence-electron chi connectivity index (χ0n) is 17.7. The van der Waals surface area contributed by atoms with E-state index in [4.69, 9.17) is 4.43 Å². The summed E-state index contributed by atoms with van der Waals surface area (Å²) in [7, 11) is -0.981. The van der Waals surface area contributed by atoms with Crippen LogP contribution < -0.4 is 0 Å². The normalized spacial score (nSPS) is 23.1. The molecular formula is C22H29FO5Si. The molecule has 0 amide bonds. The Kier molecular flexibility index (Phi) is 6.25. The topological polar surface area (TPSA) is 83.8 Å². The molecule has 0 fully saturated rings. The van der Waals surface area contributed by atoms with E-state index in [9.17, 15) is 24.2 Å². The molecule has 2 N–H and O–H groups in total. The highest BCUT2D eigenvalue weighted by atomic mass is 28.2. The minimum absolute atomic E-state index is 0.00661. The van der Waals surface area contributed by atoms with Gasteiger partial charge in [0.15, 0.2) is 9.76 Å². The summed E-state index contributed by atoms with van der Waals surface area (Å²) in [5.74, 6) is -3.74. The fourth-order valence-electron chi connectivity index (χ4n) is 3.66. The average Bonchev–Trinajstić information content (AvgIpc) is 2.59. The van der Waals surface area contributed by atoms with Crippen LogP contribution in [0.1, 0.15) is 47.1 Å². The van der Waals surface area contributed by atoms with Gasteiger partial charge in [0.25, 0.3) is 0 Å². The Balaban J connectivity index is 2.61. The molecule has 158 valence electrons. The molecular weight excluding hydrogens is 391 g/mol. The lowest BCUT2D eigenvalue weighted by Gasteiger charge is -2.41. The van der Waals surface area contributed by atoms with Crippen LogP contribution in [0, 0.1) is 11.7 Å². The van der Waals surface area contributed by atoms with Crippen LogP contribution in [0.25, 0.3) is 0 Å². The van der Waals surface area contributed by atoms with E-state index in [1.807, 2.05) is 13.8 Å². The lowest BCUT2D eigenvalue weighted by atomic mass is 9.63. The van der Waals surface area contributed by atoms with Gasteiger partial charge in [-0.1, -0.05) is 52.0 Å². The van der Waals surface area contributed by atoms with Gasteiger partial charge < -0.3 is 14.6 Å². The van der Waals surface area contributed by atoms with Crippen molar-refractivity contribution < 1.29 is 28.6 Å². The lowest BCUT2D eigenvalue weighted by Crippen LogP contribution is -2.46. The van der Waals surface area contributed by atoms with Gasteiger partial charge in [-0.25, -0.2) is 9.18 Å². The predicted octanol–water partition coefficient (Wildman–Crippen LogP) is 3.83. The highest BCUT2D eigenvalue weighted by Crippen LogP contribution is 2.46. The zero-order valence-corrected chi connectivity index (χ0v) is 19.2. The Morgan fingerprint density at radius 1 is 1.10 bits per heavy atom. The van der Waals surface area contributed by atoms with E-state index in [1.54, 1.807) is 13.0 Å². The first-order valence-corrected chi connectivity index (χ1v) is 10.8. The molecule has 0 bridgehead atoms. The Morgan fingerprint density at radius 2 is 1.66 bits per heavy atom.